The van der Waals surface area contributed by atoms with Crippen LogP contribution in [0.2, 0.25) is 5.02 Å². The van der Waals surface area contributed by atoms with E-state index in [4.69, 9.17) is 11.6 Å². The maximum absolute atomic E-state index is 10.0. The van der Waals surface area contributed by atoms with Crippen molar-refractivity contribution in [1.82, 2.24) is 0 Å². The maximum atomic E-state index is 10.0. The van der Waals surface area contributed by atoms with Crippen LogP contribution in [0.3, 0.4) is 0 Å². The zero-order valence-corrected chi connectivity index (χ0v) is 13.3. The Kier molecular flexibility index (Phi) is 9.49. The van der Waals surface area contributed by atoms with Crippen molar-refractivity contribution < 1.29 is 9.59 Å². The van der Waals surface area contributed by atoms with Crippen LogP contribution in [0.15, 0.2) is 91.0 Å². The topological polar surface area (TPSA) is 34.1 Å². The van der Waals surface area contributed by atoms with Gasteiger partial charge in [-0.1, -0.05) is 90.5 Å². The molecule has 2 nitrogen and oxygen atoms in total. The highest BCUT2D eigenvalue weighted by Gasteiger charge is 1.80. The van der Waals surface area contributed by atoms with Gasteiger partial charge >= 0.3 is 0 Å². The SMILES string of the molecule is Clc1ccccc1.O=Cc1ccccc1.O=Cc1ccccc1. The summed E-state index contributed by atoms with van der Waals surface area (Å²) in [6.45, 7) is 0. The second kappa shape index (κ2) is 11.9. The van der Waals surface area contributed by atoms with E-state index in [0.717, 1.165) is 28.7 Å². The van der Waals surface area contributed by atoms with Gasteiger partial charge in [0, 0.05) is 16.1 Å². The number of hydrogen-bond donors (Lipinski definition) is 0. The molecular formula is C20H17ClO2. The third-order valence-corrected chi connectivity index (χ3v) is 2.86. The predicted octanol–water partition coefficient (Wildman–Crippen LogP) is 5.34. The zero-order valence-electron chi connectivity index (χ0n) is 12.5. The van der Waals surface area contributed by atoms with Gasteiger partial charge in [0.25, 0.3) is 0 Å². The molecule has 3 heteroatoms. The van der Waals surface area contributed by atoms with Crippen LogP contribution in [0.5, 0.6) is 0 Å². The summed E-state index contributed by atoms with van der Waals surface area (Å²) in [4.78, 5) is 20.0. The van der Waals surface area contributed by atoms with Gasteiger partial charge in [0.05, 0.1) is 0 Å². The zero-order chi connectivity index (χ0) is 16.8. The molecule has 0 amide bonds. The number of aldehydes is 2. The van der Waals surface area contributed by atoms with Crippen molar-refractivity contribution in [3.05, 3.63) is 107 Å². The third kappa shape index (κ3) is 9.02. The van der Waals surface area contributed by atoms with Crippen LogP contribution in [-0.2, 0) is 0 Å². The first kappa shape index (κ1) is 18.3. The first-order valence-corrected chi connectivity index (χ1v) is 7.35. The van der Waals surface area contributed by atoms with E-state index in [9.17, 15) is 9.59 Å². The van der Waals surface area contributed by atoms with Gasteiger partial charge in [0.15, 0.2) is 0 Å². The number of carbonyl (C=O) groups is 2. The van der Waals surface area contributed by atoms with Gasteiger partial charge in [-0.3, -0.25) is 9.59 Å². The summed E-state index contributed by atoms with van der Waals surface area (Å²) in [6.07, 6.45) is 1.67. The number of halogens is 1. The first-order valence-electron chi connectivity index (χ1n) is 6.97. The highest BCUT2D eigenvalue weighted by molar-refractivity contribution is 6.30. The maximum Gasteiger partial charge on any atom is 0.150 e. The smallest absolute Gasteiger partial charge is 0.150 e. The lowest BCUT2D eigenvalue weighted by atomic mass is 10.2. The molecule has 0 fully saturated rings. The molecule has 116 valence electrons. The van der Waals surface area contributed by atoms with E-state index in [1.165, 1.54) is 0 Å². The van der Waals surface area contributed by atoms with E-state index >= 15 is 0 Å². The van der Waals surface area contributed by atoms with Gasteiger partial charge in [0.2, 0.25) is 0 Å². The summed E-state index contributed by atoms with van der Waals surface area (Å²) in [5.41, 5.74) is 1.46. The van der Waals surface area contributed by atoms with Crippen molar-refractivity contribution in [3.8, 4) is 0 Å². The van der Waals surface area contributed by atoms with Crippen LogP contribution in [0.1, 0.15) is 20.7 Å². The molecule has 0 atom stereocenters. The van der Waals surface area contributed by atoms with Crippen molar-refractivity contribution in [3.63, 3.8) is 0 Å². The van der Waals surface area contributed by atoms with Gasteiger partial charge < -0.3 is 0 Å². The minimum Gasteiger partial charge on any atom is -0.298 e. The van der Waals surface area contributed by atoms with Gasteiger partial charge in [-0.2, -0.15) is 0 Å². The number of benzene rings is 3. The largest absolute Gasteiger partial charge is 0.298 e. The summed E-state index contributed by atoms with van der Waals surface area (Å²) in [7, 11) is 0. The van der Waals surface area contributed by atoms with Gasteiger partial charge in [-0.25, -0.2) is 0 Å². The van der Waals surface area contributed by atoms with Gasteiger partial charge in [-0.15, -0.1) is 0 Å². The second-order valence-corrected chi connectivity index (χ2v) is 4.79. The molecule has 0 saturated heterocycles. The molecule has 0 spiro atoms. The van der Waals surface area contributed by atoms with E-state index in [-0.39, 0.29) is 0 Å². The molecule has 0 N–H and O–H groups in total. The Morgan fingerprint density at radius 2 is 0.826 bits per heavy atom. The Hall–Kier alpha value is -2.71. The lowest BCUT2D eigenvalue weighted by molar-refractivity contribution is 0.111. The summed E-state index contributed by atoms with van der Waals surface area (Å²) in [6, 6.07) is 27.6. The molecule has 0 heterocycles. The highest BCUT2D eigenvalue weighted by atomic mass is 35.5. The predicted molar refractivity (Wildman–Crippen MR) is 95.1 cm³/mol. The number of hydrogen-bond acceptors (Lipinski definition) is 2. The Morgan fingerprint density at radius 3 is 1.00 bits per heavy atom. The Labute approximate surface area is 141 Å². The fourth-order valence-electron chi connectivity index (χ4n) is 1.48. The van der Waals surface area contributed by atoms with Crippen LogP contribution in [0.25, 0.3) is 0 Å². The van der Waals surface area contributed by atoms with E-state index < -0.39 is 0 Å². The van der Waals surface area contributed by atoms with Crippen LogP contribution in [0, 0.1) is 0 Å². The Bertz CT molecular complexity index is 624. The lowest BCUT2D eigenvalue weighted by Gasteiger charge is -1.81. The molecule has 0 aliphatic carbocycles. The fraction of sp³-hybridized carbons (Fsp3) is 0. The standard InChI is InChI=1S/2C7H6O.C6H5Cl/c2*8-6-7-4-2-1-3-5-7;7-6-4-2-1-3-5-6/h2*1-6H;1-5H. The minimum absolute atomic E-state index is 0.729. The van der Waals surface area contributed by atoms with Gasteiger partial charge in [-0.05, 0) is 12.1 Å². The van der Waals surface area contributed by atoms with Crippen LogP contribution in [0.4, 0.5) is 0 Å². The number of carbonyl (C=O) groups excluding carboxylic acids is 2. The number of rotatable bonds is 2. The van der Waals surface area contributed by atoms with Crippen LogP contribution in [-0.4, -0.2) is 12.6 Å². The molecule has 3 aromatic carbocycles. The lowest BCUT2D eigenvalue weighted by Crippen LogP contribution is -1.73. The molecule has 3 rings (SSSR count). The molecule has 0 saturated carbocycles. The van der Waals surface area contributed by atoms with Crippen molar-refractivity contribution >= 4 is 24.2 Å². The van der Waals surface area contributed by atoms with Gasteiger partial charge in [0.1, 0.15) is 12.6 Å². The van der Waals surface area contributed by atoms with E-state index in [1.807, 2.05) is 66.7 Å². The van der Waals surface area contributed by atoms with Crippen LogP contribution < -0.4 is 0 Å². The van der Waals surface area contributed by atoms with E-state index in [0.29, 0.717) is 0 Å². The van der Waals surface area contributed by atoms with E-state index in [2.05, 4.69) is 0 Å². The molecule has 0 aliphatic heterocycles. The van der Waals surface area contributed by atoms with Crippen LogP contribution >= 0.6 is 11.6 Å². The summed E-state index contributed by atoms with van der Waals surface area (Å²) >= 11 is 5.54. The molecule has 0 bridgehead atoms. The fourth-order valence-corrected chi connectivity index (χ4v) is 1.62. The average Bonchev–Trinajstić information content (AvgIpc) is 2.65. The van der Waals surface area contributed by atoms with Crippen molar-refractivity contribution in [2.24, 2.45) is 0 Å². The molecule has 23 heavy (non-hydrogen) atoms. The summed E-state index contributed by atoms with van der Waals surface area (Å²) in [5.74, 6) is 0. The molecule has 3 aromatic rings. The molecule has 0 aliphatic rings. The van der Waals surface area contributed by atoms with E-state index in [1.54, 1.807) is 24.3 Å². The molecular weight excluding hydrogens is 308 g/mol. The summed E-state index contributed by atoms with van der Waals surface area (Å²) in [5, 5.41) is 0.794. The Morgan fingerprint density at radius 1 is 0.522 bits per heavy atom. The molecule has 0 unspecified atom stereocenters. The van der Waals surface area contributed by atoms with Crippen molar-refractivity contribution in [2.75, 3.05) is 0 Å². The summed E-state index contributed by atoms with van der Waals surface area (Å²) < 4.78 is 0. The molecule has 0 aromatic heterocycles. The first-order chi connectivity index (χ1) is 11.3. The monoisotopic (exact) mass is 324 g/mol. The molecule has 0 radical (unpaired) electrons. The highest BCUT2D eigenvalue weighted by Crippen LogP contribution is 2.03. The normalized spacial score (nSPS) is 8.57. The quantitative estimate of drug-likeness (QED) is 0.596. The average molecular weight is 325 g/mol. The van der Waals surface area contributed by atoms with Crippen molar-refractivity contribution in [1.29, 1.82) is 0 Å². The minimum atomic E-state index is 0.729. The second-order valence-electron chi connectivity index (χ2n) is 4.35. The third-order valence-electron chi connectivity index (χ3n) is 2.60. The Balaban J connectivity index is 0.000000173. The van der Waals surface area contributed by atoms with Crippen molar-refractivity contribution in [2.45, 2.75) is 0 Å².